The second-order valence-electron chi connectivity index (χ2n) is 5.47. The van der Waals surface area contributed by atoms with Gasteiger partial charge in [-0.25, -0.2) is 0 Å². The first-order valence-corrected chi connectivity index (χ1v) is 7.13. The van der Waals surface area contributed by atoms with Gasteiger partial charge in [-0.05, 0) is 32.2 Å². The number of nitrogens with one attached hydrogen (secondary N) is 1. The molecule has 0 spiro atoms. The van der Waals surface area contributed by atoms with Crippen LogP contribution < -0.4 is 5.32 Å². The van der Waals surface area contributed by atoms with Crippen LogP contribution in [0, 0.1) is 5.92 Å². The number of aliphatic carboxylic acids is 1. The first-order valence-electron chi connectivity index (χ1n) is 7.13. The summed E-state index contributed by atoms with van der Waals surface area (Å²) in [6.45, 7) is 6.68. The second-order valence-corrected chi connectivity index (χ2v) is 5.47. The summed E-state index contributed by atoms with van der Waals surface area (Å²) in [5.41, 5.74) is -0.968. The Morgan fingerprint density at radius 1 is 1.39 bits per heavy atom. The first-order chi connectivity index (χ1) is 8.53. The smallest absolute Gasteiger partial charge is 0.326 e. The summed E-state index contributed by atoms with van der Waals surface area (Å²) in [7, 11) is 0. The van der Waals surface area contributed by atoms with Crippen LogP contribution in [-0.4, -0.2) is 35.9 Å². The van der Waals surface area contributed by atoms with Crippen molar-refractivity contribution in [2.24, 2.45) is 5.92 Å². The summed E-state index contributed by atoms with van der Waals surface area (Å²) in [4.78, 5) is 11.3. The lowest BCUT2D eigenvalue weighted by Crippen LogP contribution is -2.54. The van der Waals surface area contributed by atoms with Crippen LogP contribution in [0.25, 0.3) is 0 Å². The van der Waals surface area contributed by atoms with E-state index in [-0.39, 0.29) is 12.7 Å². The van der Waals surface area contributed by atoms with Crippen LogP contribution in [0.4, 0.5) is 0 Å². The number of hydrogen-bond donors (Lipinski definition) is 2. The fourth-order valence-corrected chi connectivity index (χ4v) is 2.71. The highest BCUT2D eigenvalue weighted by Crippen LogP contribution is 2.29. The predicted molar refractivity (Wildman–Crippen MR) is 71.7 cm³/mol. The molecule has 2 N–H and O–H groups in total. The molecule has 0 saturated heterocycles. The topological polar surface area (TPSA) is 58.6 Å². The van der Waals surface area contributed by atoms with E-state index in [0.717, 1.165) is 12.8 Å². The van der Waals surface area contributed by atoms with Gasteiger partial charge in [0.25, 0.3) is 0 Å². The molecule has 1 aliphatic rings. The molecule has 18 heavy (non-hydrogen) atoms. The van der Waals surface area contributed by atoms with Crippen molar-refractivity contribution < 1.29 is 14.6 Å². The lowest BCUT2D eigenvalue weighted by Gasteiger charge is -2.34. The molecule has 4 nitrogen and oxygen atoms in total. The number of carboxylic acids is 1. The van der Waals surface area contributed by atoms with Crippen molar-refractivity contribution in [2.75, 3.05) is 13.2 Å². The van der Waals surface area contributed by atoms with Gasteiger partial charge in [-0.3, -0.25) is 4.79 Å². The molecule has 0 aromatic rings. The van der Waals surface area contributed by atoms with Gasteiger partial charge in [-0.1, -0.05) is 33.1 Å². The number of carbonyl (C=O) groups is 1. The lowest BCUT2D eigenvalue weighted by atomic mass is 9.84. The van der Waals surface area contributed by atoms with Crippen molar-refractivity contribution in [3.05, 3.63) is 0 Å². The van der Waals surface area contributed by atoms with Crippen LogP contribution in [0.1, 0.15) is 52.9 Å². The maximum atomic E-state index is 11.3. The molecule has 0 amide bonds. The summed E-state index contributed by atoms with van der Waals surface area (Å²) < 4.78 is 5.92. The van der Waals surface area contributed by atoms with Crippen LogP contribution in [0.5, 0.6) is 0 Å². The van der Waals surface area contributed by atoms with Crippen LogP contribution in [-0.2, 0) is 9.53 Å². The van der Waals surface area contributed by atoms with Crippen molar-refractivity contribution in [2.45, 2.75) is 64.5 Å². The molecule has 1 fully saturated rings. The molecular weight excluding hydrogens is 230 g/mol. The van der Waals surface area contributed by atoms with Gasteiger partial charge >= 0.3 is 5.97 Å². The Morgan fingerprint density at radius 3 is 2.61 bits per heavy atom. The number of carboxylic acid groups (broad SMARTS) is 1. The monoisotopic (exact) mass is 257 g/mol. The fourth-order valence-electron chi connectivity index (χ4n) is 2.71. The highest BCUT2D eigenvalue weighted by Gasteiger charge is 2.35. The normalized spacial score (nSPS) is 27.7. The van der Waals surface area contributed by atoms with Crippen molar-refractivity contribution in [3.63, 3.8) is 0 Å². The van der Waals surface area contributed by atoms with Crippen molar-refractivity contribution >= 4 is 5.97 Å². The largest absolute Gasteiger partial charge is 0.480 e. The minimum Gasteiger partial charge on any atom is -0.480 e. The zero-order valence-corrected chi connectivity index (χ0v) is 11.9. The van der Waals surface area contributed by atoms with Gasteiger partial charge in [0.05, 0.1) is 12.7 Å². The predicted octanol–water partition coefficient (Wildman–Crippen LogP) is 2.42. The summed E-state index contributed by atoms with van der Waals surface area (Å²) in [6.07, 6.45) is 6.12. The van der Waals surface area contributed by atoms with E-state index in [4.69, 9.17) is 4.74 Å². The Morgan fingerprint density at radius 2 is 2.06 bits per heavy atom. The Hall–Kier alpha value is -0.610. The number of hydrogen-bond acceptors (Lipinski definition) is 3. The Labute approximate surface area is 110 Å². The minimum atomic E-state index is -0.968. The third-order valence-electron chi connectivity index (χ3n) is 3.99. The number of likely N-dealkylation sites (N-methyl/N-ethyl adjacent to an activating group) is 1. The van der Waals surface area contributed by atoms with Gasteiger partial charge in [0.2, 0.25) is 0 Å². The summed E-state index contributed by atoms with van der Waals surface area (Å²) in [5.74, 6) is -0.244. The first kappa shape index (κ1) is 15.4. The van der Waals surface area contributed by atoms with E-state index in [0.29, 0.717) is 12.5 Å². The molecule has 0 aliphatic heterocycles. The highest BCUT2D eigenvalue weighted by molar-refractivity contribution is 5.78. The maximum absolute atomic E-state index is 11.3. The van der Waals surface area contributed by atoms with Crippen LogP contribution in [0.2, 0.25) is 0 Å². The van der Waals surface area contributed by atoms with E-state index in [1.54, 1.807) is 6.92 Å². The zero-order chi connectivity index (χ0) is 13.6. The average molecular weight is 257 g/mol. The maximum Gasteiger partial charge on any atom is 0.326 e. The zero-order valence-electron chi connectivity index (χ0n) is 11.9. The molecule has 1 saturated carbocycles. The molecule has 0 aromatic carbocycles. The van der Waals surface area contributed by atoms with Crippen molar-refractivity contribution in [1.82, 2.24) is 5.32 Å². The molecule has 0 heterocycles. The Bertz CT molecular complexity index is 270. The fraction of sp³-hybridized carbons (Fsp3) is 0.929. The van der Waals surface area contributed by atoms with E-state index in [1.807, 2.05) is 6.92 Å². The minimum absolute atomic E-state index is 0.237. The van der Waals surface area contributed by atoms with Gasteiger partial charge in [0.1, 0.15) is 5.54 Å². The van der Waals surface area contributed by atoms with Crippen LogP contribution >= 0.6 is 0 Å². The van der Waals surface area contributed by atoms with Crippen LogP contribution in [0.15, 0.2) is 0 Å². The Balaban J connectivity index is 2.52. The molecule has 0 aromatic heterocycles. The van der Waals surface area contributed by atoms with Crippen molar-refractivity contribution in [3.8, 4) is 0 Å². The summed E-state index contributed by atoms with van der Waals surface area (Å²) >= 11 is 0. The van der Waals surface area contributed by atoms with E-state index < -0.39 is 11.5 Å². The molecule has 1 aliphatic carbocycles. The number of ether oxygens (including phenoxy) is 1. The van der Waals surface area contributed by atoms with Gasteiger partial charge in [0.15, 0.2) is 0 Å². The Kier molecular flexibility index (Phi) is 6.09. The molecule has 3 atom stereocenters. The summed E-state index contributed by atoms with van der Waals surface area (Å²) in [5, 5.41) is 12.3. The third-order valence-corrected chi connectivity index (χ3v) is 3.99. The molecule has 0 radical (unpaired) electrons. The van der Waals surface area contributed by atoms with Gasteiger partial charge in [-0.2, -0.15) is 0 Å². The average Bonchev–Trinajstić information content (AvgIpc) is 2.37. The van der Waals surface area contributed by atoms with E-state index in [2.05, 4.69) is 12.2 Å². The molecule has 4 heteroatoms. The van der Waals surface area contributed by atoms with Crippen LogP contribution in [0.3, 0.4) is 0 Å². The second kappa shape index (κ2) is 7.10. The lowest BCUT2D eigenvalue weighted by molar-refractivity contribution is -0.149. The number of rotatable bonds is 7. The molecule has 1 rings (SSSR count). The standard InChI is InChI=1S/C14H27NO3/c1-4-11-8-6-7-9-12(11)18-10-14(3,13(16)17)15-5-2/h11-12,15H,4-10H2,1-3H3,(H,16,17). The molecule has 3 unspecified atom stereocenters. The molecule has 106 valence electrons. The van der Waals surface area contributed by atoms with Gasteiger partial charge in [-0.15, -0.1) is 0 Å². The quantitative estimate of drug-likeness (QED) is 0.735. The van der Waals surface area contributed by atoms with Crippen molar-refractivity contribution in [1.29, 1.82) is 0 Å². The highest BCUT2D eigenvalue weighted by atomic mass is 16.5. The van der Waals surface area contributed by atoms with E-state index in [9.17, 15) is 9.90 Å². The van der Waals surface area contributed by atoms with E-state index >= 15 is 0 Å². The SMILES string of the molecule is CCNC(C)(COC1CCCCC1CC)C(=O)O. The molecule has 0 bridgehead atoms. The third kappa shape index (κ3) is 3.95. The summed E-state index contributed by atoms with van der Waals surface area (Å²) in [6, 6.07) is 0. The van der Waals surface area contributed by atoms with Gasteiger partial charge in [0, 0.05) is 0 Å². The van der Waals surface area contributed by atoms with E-state index in [1.165, 1.54) is 19.3 Å². The molecular formula is C14H27NO3. The van der Waals surface area contributed by atoms with Gasteiger partial charge < -0.3 is 15.2 Å².